The number of ether oxygens (including phenoxy) is 1. The van der Waals surface area contributed by atoms with E-state index in [1.807, 2.05) is 6.07 Å². The summed E-state index contributed by atoms with van der Waals surface area (Å²) in [5, 5.41) is 4.02. The van der Waals surface area contributed by atoms with Gasteiger partial charge in [-0.15, -0.1) is 0 Å². The van der Waals surface area contributed by atoms with Crippen LogP contribution in [0.4, 0.5) is 0 Å². The van der Waals surface area contributed by atoms with Crippen LogP contribution in [-0.2, 0) is 16.0 Å². The molecule has 0 bridgehead atoms. The highest BCUT2D eigenvalue weighted by Crippen LogP contribution is 2.21. The van der Waals surface area contributed by atoms with Gasteiger partial charge in [-0.2, -0.15) is 0 Å². The zero-order valence-electron chi connectivity index (χ0n) is 10.4. The van der Waals surface area contributed by atoms with Gasteiger partial charge in [0.05, 0.1) is 6.61 Å². The van der Waals surface area contributed by atoms with Crippen molar-refractivity contribution in [1.29, 1.82) is 0 Å². The van der Waals surface area contributed by atoms with Crippen LogP contribution < -0.4 is 11.1 Å². The molecule has 1 aliphatic rings. The number of nitrogens with two attached hydrogens (primary N) is 1. The number of hydrogen-bond acceptors (Lipinski definition) is 3. The van der Waals surface area contributed by atoms with Gasteiger partial charge in [-0.05, 0) is 30.5 Å². The van der Waals surface area contributed by atoms with Crippen molar-refractivity contribution < 1.29 is 9.53 Å². The molecule has 104 valence electrons. The summed E-state index contributed by atoms with van der Waals surface area (Å²) in [6.07, 6.45) is 1.19. The molecule has 19 heavy (non-hydrogen) atoms. The molecule has 1 atom stereocenters. The summed E-state index contributed by atoms with van der Waals surface area (Å²) < 4.78 is 5.16. The number of amides is 1. The smallest absolute Gasteiger partial charge is 0.242 e. The molecule has 1 heterocycles. The Morgan fingerprint density at radius 1 is 1.47 bits per heavy atom. The van der Waals surface area contributed by atoms with E-state index in [0.717, 1.165) is 5.56 Å². The molecular formula is C13H16Cl2N2O2. The van der Waals surface area contributed by atoms with Crippen LogP contribution in [0.3, 0.4) is 0 Å². The lowest BCUT2D eigenvalue weighted by Crippen LogP contribution is -2.54. The predicted octanol–water partition coefficient (Wildman–Crippen LogP) is 1.77. The van der Waals surface area contributed by atoms with Crippen molar-refractivity contribution in [3.63, 3.8) is 0 Å². The molecule has 6 heteroatoms. The molecule has 1 aromatic carbocycles. The Bertz CT molecular complexity index is 474. The number of nitrogens with one attached hydrogen (secondary N) is 1. The van der Waals surface area contributed by atoms with Crippen molar-refractivity contribution in [2.45, 2.75) is 18.4 Å². The summed E-state index contributed by atoms with van der Waals surface area (Å²) in [5.41, 5.74) is 6.01. The monoisotopic (exact) mass is 302 g/mol. The SMILES string of the molecule is NC1(C(=O)NCCc2ccc(Cl)cc2Cl)CCOC1. The number of hydrogen-bond donors (Lipinski definition) is 2. The molecule has 1 saturated heterocycles. The molecule has 0 spiro atoms. The van der Waals surface area contributed by atoms with Gasteiger partial charge in [0.25, 0.3) is 0 Å². The standard InChI is InChI=1S/C13H16Cl2N2O2/c14-10-2-1-9(11(15)7-10)3-5-17-12(18)13(16)4-6-19-8-13/h1-2,7H,3-6,8,16H2,(H,17,18). The van der Waals surface area contributed by atoms with Crippen LogP contribution in [0.5, 0.6) is 0 Å². The van der Waals surface area contributed by atoms with Crippen LogP contribution in [0.25, 0.3) is 0 Å². The number of halogens is 2. The van der Waals surface area contributed by atoms with Gasteiger partial charge in [-0.3, -0.25) is 4.79 Å². The minimum Gasteiger partial charge on any atom is -0.379 e. The van der Waals surface area contributed by atoms with Crippen LogP contribution in [-0.4, -0.2) is 31.2 Å². The molecule has 0 radical (unpaired) electrons. The Labute approximate surface area is 122 Å². The molecule has 0 aliphatic carbocycles. The Kier molecular flexibility index (Phi) is 4.68. The molecule has 1 fully saturated rings. The Morgan fingerprint density at radius 3 is 2.89 bits per heavy atom. The predicted molar refractivity (Wildman–Crippen MR) is 75.5 cm³/mol. The quantitative estimate of drug-likeness (QED) is 0.891. The molecule has 1 unspecified atom stereocenters. The highest BCUT2D eigenvalue weighted by atomic mass is 35.5. The minimum absolute atomic E-state index is 0.171. The normalized spacial score (nSPS) is 22.5. The van der Waals surface area contributed by atoms with Crippen molar-refractivity contribution in [3.05, 3.63) is 33.8 Å². The van der Waals surface area contributed by atoms with Crippen molar-refractivity contribution in [1.82, 2.24) is 5.32 Å². The summed E-state index contributed by atoms with van der Waals surface area (Å²) in [4.78, 5) is 11.9. The summed E-state index contributed by atoms with van der Waals surface area (Å²) in [6, 6.07) is 5.32. The van der Waals surface area contributed by atoms with Crippen LogP contribution >= 0.6 is 23.2 Å². The maximum Gasteiger partial charge on any atom is 0.242 e. The molecule has 1 aromatic rings. The molecule has 3 N–H and O–H groups in total. The van der Waals surface area contributed by atoms with E-state index in [0.29, 0.717) is 36.0 Å². The second-order valence-corrected chi connectivity index (χ2v) is 5.54. The fraction of sp³-hybridized carbons (Fsp3) is 0.462. The summed E-state index contributed by atoms with van der Waals surface area (Å²) in [7, 11) is 0. The minimum atomic E-state index is -0.885. The molecular weight excluding hydrogens is 287 g/mol. The topological polar surface area (TPSA) is 64.4 Å². The zero-order chi connectivity index (χ0) is 13.9. The van der Waals surface area contributed by atoms with Gasteiger partial charge in [0.1, 0.15) is 5.54 Å². The van der Waals surface area contributed by atoms with Crippen molar-refractivity contribution in [2.75, 3.05) is 19.8 Å². The molecule has 0 saturated carbocycles. The van der Waals surface area contributed by atoms with E-state index in [1.54, 1.807) is 12.1 Å². The molecule has 2 rings (SSSR count). The number of benzene rings is 1. The largest absolute Gasteiger partial charge is 0.379 e. The highest BCUT2D eigenvalue weighted by molar-refractivity contribution is 6.35. The fourth-order valence-electron chi connectivity index (χ4n) is 1.97. The maximum absolute atomic E-state index is 11.9. The van der Waals surface area contributed by atoms with Crippen LogP contribution in [0.15, 0.2) is 18.2 Å². The summed E-state index contributed by atoms with van der Waals surface area (Å²) in [6.45, 7) is 1.30. The van der Waals surface area contributed by atoms with Crippen molar-refractivity contribution in [3.8, 4) is 0 Å². The second kappa shape index (κ2) is 6.09. The first-order chi connectivity index (χ1) is 9.01. The van der Waals surface area contributed by atoms with Gasteiger partial charge in [-0.25, -0.2) is 0 Å². The average molecular weight is 303 g/mol. The van der Waals surface area contributed by atoms with E-state index in [1.165, 1.54) is 0 Å². The lowest BCUT2D eigenvalue weighted by atomic mass is 9.99. The Morgan fingerprint density at radius 2 is 2.26 bits per heavy atom. The van der Waals surface area contributed by atoms with E-state index < -0.39 is 5.54 Å². The fourth-order valence-corrected chi connectivity index (χ4v) is 2.47. The third-order valence-corrected chi connectivity index (χ3v) is 3.79. The third-order valence-electron chi connectivity index (χ3n) is 3.20. The van der Waals surface area contributed by atoms with Crippen LogP contribution in [0, 0.1) is 0 Å². The average Bonchev–Trinajstić information content (AvgIpc) is 2.80. The van der Waals surface area contributed by atoms with Crippen molar-refractivity contribution >= 4 is 29.1 Å². The molecule has 4 nitrogen and oxygen atoms in total. The Hall–Kier alpha value is -0.810. The van der Waals surface area contributed by atoms with E-state index >= 15 is 0 Å². The third kappa shape index (κ3) is 3.60. The second-order valence-electron chi connectivity index (χ2n) is 4.70. The molecule has 1 amide bonds. The van der Waals surface area contributed by atoms with E-state index in [4.69, 9.17) is 33.7 Å². The van der Waals surface area contributed by atoms with Gasteiger partial charge in [-0.1, -0.05) is 29.3 Å². The lowest BCUT2D eigenvalue weighted by molar-refractivity contribution is -0.126. The maximum atomic E-state index is 11.9. The van der Waals surface area contributed by atoms with Crippen LogP contribution in [0.1, 0.15) is 12.0 Å². The van der Waals surface area contributed by atoms with E-state index in [-0.39, 0.29) is 12.5 Å². The zero-order valence-corrected chi connectivity index (χ0v) is 11.9. The van der Waals surface area contributed by atoms with E-state index in [9.17, 15) is 4.79 Å². The van der Waals surface area contributed by atoms with Gasteiger partial charge in [0.15, 0.2) is 0 Å². The molecule has 0 aromatic heterocycles. The lowest BCUT2D eigenvalue weighted by Gasteiger charge is -2.20. The van der Waals surface area contributed by atoms with E-state index in [2.05, 4.69) is 5.32 Å². The highest BCUT2D eigenvalue weighted by Gasteiger charge is 2.37. The van der Waals surface area contributed by atoms with Gasteiger partial charge < -0.3 is 15.8 Å². The summed E-state index contributed by atoms with van der Waals surface area (Å²) >= 11 is 11.9. The van der Waals surface area contributed by atoms with Gasteiger partial charge in [0, 0.05) is 23.2 Å². The number of rotatable bonds is 4. The van der Waals surface area contributed by atoms with Crippen LogP contribution in [0.2, 0.25) is 10.0 Å². The van der Waals surface area contributed by atoms with Gasteiger partial charge in [0.2, 0.25) is 5.91 Å². The molecule has 1 aliphatic heterocycles. The van der Waals surface area contributed by atoms with Crippen molar-refractivity contribution in [2.24, 2.45) is 5.73 Å². The first-order valence-electron chi connectivity index (χ1n) is 6.10. The summed E-state index contributed by atoms with van der Waals surface area (Å²) in [5.74, 6) is -0.171. The Balaban J connectivity index is 1.85. The first kappa shape index (κ1) is 14.6. The number of carbonyl (C=O) groups is 1. The van der Waals surface area contributed by atoms with Gasteiger partial charge >= 0.3 is 0 Å². The number of carbonyl (C=O) groups excluding carboxylic acids is 1. The first-order valence-corrected chi connectivity index (χ1v) is 6.86.